The highest BCUT2D eigenvalue weighted by atomic mass is 16.1. The van der Waals surface area contributed by atoms with Gasteiger partial charge in [-0.05, 0) is 55.5 Å². The second-order valence-corrected chi connectivity index (χ2v) is 8.44. The number of rotatable bonds is 4. The Morgan fingerprint density at radius 2 is 1.94 bits per heavy atom. The topological polar surface area (TPSA) is 108 Å². The van der Waals surface area contributed by atoms with Crippen molar-refractivity contribution in [3.63, 3.8) is 0 Å². The molecule has 0 saturated carbocycles. The molecule has 0 unspecified atom stereocenters. The first-order valence-electron chi connectivity index (χ1n) is 11.3. The number of nitrogens with zero attached hydrogens (tertiary/aromatic N) is 6. The summed E-state index contributed by atoms with van der Waals surface area (Å²) in [6.45, 7) is 4.64. The average molecular weight is 441 g/mol. The molecular weight excluding hydrogens is 416 g/mol. The first-order chi connectivity index (χ1) is 16.2. The summed E-state index contributed by atoms with van der Waals surface area (Å²) >= 11 is 0. The summed E-state index contributed by atoms with van der Waals surface area (Å²) in [5.74, 6) is 2.20. The lowest BCUT2D eigenvalue weighted by atomic mass is 9.89. The van der Waals surface area contributed by atoms with Crippen LogP contribution in [0.5, 0.6) is 0 Å². The van der Waals surface area contributed by atoms with Crippen molar-refractivity contribution < 1.29 is 0 Å². The standard InChI is InChI=1S/C24H24N8O/c1-2-32-21(17-4-3-9-25-13-17)30-20-22(26-14-27-23(20)32)31-10-7-15(8-11-31)16-5-6-18-19(12-16)29-24(33)28-18/h3-6,9,12-15H,2,7-8,10-11H2,1H3,(H2,28,29,33). The van der Waals surface area contributed by atoms with Crippen LogP contribution < -0.4 is 10.6 Å². The van der Waals surface area contributed by atoms with E-state index in [2.05, 4.69) is 53.4 Å². The Hall–Kier alpha value is -4.01. The molecule has 1 aliphatic heterocycles. The third-order valence-corrected chi connectivity index (χ3v) is 6.55. The van der Waals surface area contributed by atoms with E-state index in [1.54, 1.807) is 12.5 Å². The summed E-state index contributed by atoms with van der Waals surface area (Å²) in [6.07, 6.45) is 7.26. The molecular formula is C24H24N8O. The predicted molar refractivity (Wildman–Crippen MR) is 127 cm³/mol. The molecule has 33 heavy (non-hydrogen) atoms. The molecule has 1 aromatic carbocycles. The SMILES string of the molecule is CCn1c(-c2cccnc2)nc2c(N3CCC(c4ccc5[nH]c(=O)[nH]c5c4)CC3)ncnc21. The summed E-state index contributed by atoms with van der Waals surface area (Å²) < 4.78 is 2.12. The van der Waals surface area contributed by atoms with E-state index in [0.29, 0.717) is 5.92 Å². The van der Waals surface area contributed by atoms with Gasteiger partial charge >= 0.3 is 5.69 Å². The third kappa shape index (κ3) is 3.36. The Balaban J connectivity index is 1.29. The van der Waals surface area contributed by atoms with Crippen molar-refractivity contribution in [1.29, 1.82) is 0 Å². The Labute approximate surface area is 189 Å². The number of H-pyrrole nitrogens is 2. The molecule has 0 radical (unpaired) electrons. The number of aryl methyl sites for hydroxylation is 1. The fourth-order valence-electron chi connectivity index (χ4n) is 4.90. The molecule has 4 aromatic heterocycles. The maximum atomic E-state index is 11.6. The van der Waals surface area contributed by atoms with Crippen molar-refractivity contribution >= 4 is 28.0 Å². The summed E-state index contributed by atoms with van der Waals surface area (Å²) in [7, 11) is 0. The van der Waals surface area contributed by atoms with E-state index in [9.17, 15) is 4.79 Å². The van der Waals surface area contributed by atoms with E-state index in [0.717, 1.165) is 71.9 Å². The number of imidazole rings is 2. The zero-order chi connectivity index (χ0) is 22.4. The number of aromatic nitrogens is 7. The molecule has 0 aliphatic carbocycles. The van der Waals surface area contributed by atoms with Crippen LogP contribution >= 0.6 is 0 Å². The number of aromatic amines is 2. The number of hydrogen-bond donors (Lipinski definition) is 2. The van der Waals surface area contributed by atoms with Gasteiger partial charge in [0, 0.05) is 37.6 Å². The second-order valence-electron chi connectivity index (χ2n) is 8.44. The van der Waals surface area contributed by atoms with Gasteiger partial charge < -0.3 is 19.4 Å². The maximum Gasteiger partial charge on any atom is 0.323 e. The van der Waals surface area contributed by atoms with Crippen LogP contribution in [0.1, 0.15) is 31.2 Å². The van der Waals surface area contributed by atoms with Gasteiger partial charge in [-0.1, -0.05) is 6.07 Å². The molecule has 1 fully saturated rings. The van der Waals surface area contributed by atoms with Crippen molar-refractivity contribution in [2.75, 3.05) is 18.0 Å². The molecule has 5 heterocycles. The Morgan fingerprint density at radius 1 is 1.09 bits per heavy atom. The monoisotopic (exact) mass is 440 g/mol. The van der Waals surface area contributed by atoms with Gasteiger partial charge in [-0.2, -0.15) is 0 Å². The van der Waals surface area contributed by atoms with Gasteiger partial charge in [-0.15, -0.1) is 0 Å². The minimum absolute atomic E-state index is 0.165. The smallest absolute Gasteiger partial charge is 0.323 e. The number of fused-ring (bicyclic) bond motifs is 2. The highest BCUT2D eigenvalue weighted by molar-refractivity contribution is 5.87. The Bertz CT molecular complexity index is 1490. The van der Waals surface area contributed by atoms with Crippen LogP contribution in [0.25, 0.3) is 33.6 Å². The van der Waals surface area contributed by atoms with Crippen LogP contribution in [0.3, 0.4) is 0 Å². The first-order valence-corrected chi connectivity index (χ1v) is 11.3. The lowest BCUT2D eigenvalue weighted by Gasteiger charge is -2.33. The lowest BCUT2D eigenvalue weighted by Crippen LogP contribution is -2.33. The molecule has 0 spiro atoms. The maximum absolute atomic E-state index is 11.6. The van der Waals surface area contributed by atoms with E-state index in [1.165, 1.54) is 5.56 Å². The van der Waals surface area contributed by atoms with Crippen LogP contribution in [-0.2, 0) is 6.54 Å². The molecule has 1 saturated heterocycles. The minimum atomic E-state index is -0.165. The second kappa shape index (κ2) is 7.84. The van der Waals surface area contributed by atoms with Gasteiger partial charge in [0.1, 0.15) is 12.2 Å². The zero-order valence-corrected chi connectivity index (χ0v) is 18.3. The van der Waals surface area contributed by atoms with Gasteiger partial charge in [-0.3, -0.25) is 4.98 Å². The number of hydrogen-bond acceptors (Lipinski definition) is 6. The molecule has 9 nitrogen and oxygen atoms in total. The van der Waals surface area contributed by atoms with E-state index in [1.807, 2.05) is 24.4 Å². The van der Waals surface area contributed by atoms with Crippen molar-refractivity contribution in [2.24, 2.45) is 0 Å². The number of nitrogens with one attached hydrogen (secondary N) is 2. The van der Waals surface area contributed by atoms with Crippen molar-refractivity contribution in [3.05, 3.63) is 65.1 Å². The zero-order valence-electron chi connectivity index (χ0n) is 18.3. The van der Waals surface area contributed by atoms with Crippen LogP contribution in [0.2, 0.25) is 0 Å². The van der Waals surface area contributed by atoms with Gasteiger partial charge in [-0.25, -0.2) is 19.7 Å². The normalized spacial score (nSPS) is 15.0. The minimum Gasteiger partial charge on any atom is -0.355 e. The Morgan fingerprint density at radius 3 is 2.73 bits per heavy atom. The molecule has 0 bridgehead atoms. The molecule has 0 amide bonds. The van der Waals surface area contributed by atoms with Gasteiger partial charge in [0.25, 0.3) is 0 Å². The number of pyridine rings is 1. The average Bonchev–Trinajstić information content (AvgIpc) is 3.43. The lowest BCUT2D eigenvalue weighted by molar-refractivity contribution is 0.503. The molecule has 9 heteroatoms. The number of piperidine rings is 1. The number of anilines is 1. The molecule has 166 valence electrons. The third-order valence-electron chi connectivity index (χ3n) is 6.55. The fraction of sp³-hybridized carbons (Fsp3) is 0.292. The molecule has 2 N–H and O–H groups in total. The summed E-state index contributed by atoms with van der Waals surface area (Å²) in [4.78, 5) is 38.0. The molecule has 0 atom stereocenters. The fourth-order valence-corrected chi connectivity index (χ4v) is 4.90. The molecule has 5 aromatic rings. The molecule has 1 aliphatic rings. The summed E-state index contributed by atoms with van der Waals surface area (Å²) in [5.41, 5.74) is 5.47. The van der Waals surface area contributed by atoms with Crippen LogP contribution in [0.15, 0.2) is 53.8 Å². The van der Waals surface area contributed by atoms with Crippen molar-refractivity contribution in [1.82, 2.24) is 34.5 Å². The van der Waals surface area contributed by atoms with E-state index in [4.69, 9.17) is 4.98 Å². The van der Waals surface area contributed by atoms with Gasteiger partial charge in [0.05, 0.1) is 11.0 Å². The van der Waals surface area contributed by atoms with Crippen LogP contribution in [0.4, 0.5) is 5.82 Å². The van der Waals surface area contributed by atoms with Crippen molar-refractivity contribution in [2.45, 2.75) is 32.2 Å². The van der Waals surface area contributed by atoms with Gasteiger partial charge in [0.2, 0.25) is 0 Å². The van der Waals surface area contributed by atoms with E-state index < -0.39 is 0 Å². The quantitative estimate of drug-likeness (QED) is 0.443. The Kier molecular flexibility index (Phi) is 4.67. The van der Waals surface area contributed by atoms with E-state index in [-0.39, 0.29) is 5.69 Å². The van der Waals surface area contributed by atoms with Crippen LogP contribution in [-0.4, -0.2) is 47.6 Å². The van der Waals surface area contributed by atoms with Crippen LogP contribution in [0, 0.1) is 0 Å². The van der Waals surface area contributed by atoms with E-state index >= 15 is 0 Å². The predicted octanol–water partition coefficient (Wildman–Crippen LogP) is 3.46. The van der Waals surface area contributed by atoms with Crippen molar-refractivity contribution in [3.8, 4) is 11.4 Å². The summed E-state index contributed by atoms with van der Waals surface area (Å²) in [5, 5.41) is 0. The highest BCUT2D eigenvalue weighted by Crippen LogP contribution is 2.34. The largest absolute Gasteiger partial charge is 0.355 e. The highest BCUT2D eigenvalue weighted by Gasteiger charge is 2.25. The van der Waals surface area contributed by atoms with Gasteiger partial charge in [0.15, 0.2) is 17.0 Å². The number of benzene rings is 1. The summed E-state index contributed by atoms with van der Waals surface area (Å²) in [6, 6.07) is 10.2. The molecule has 6 rings (SSSR count). The first kappa shape index (κ1) is 19.7.